The van der Waals surface area contributed by atoms with Crippen LogP contribution in [0.1, 0.15) is 59.3 Å². The summed E-state index contributed by atoms with van der Waals surface area (Å²) >= 11 is 0. The zero-order valence-corrected chi connectivity index (χ0v) is 13.5. The van der Waals surface area contributed by atoms with Gasteiger partial charge in [-0.2, -0.15) is 0 Å². The molecule has 0 bridgehead atoms. The van der Waals surface area contributed by atoms with Gasteiger partial charge in [0.1, 0.15) is 0 Å². The highest BCUT2D eigenvalue weighted by atomic mass is 16.6. The molecule has 1 aliphatic heterocycles. The van der Waals surface area contributed by atoms with Crippen molar-refractivity contribution in [3.05, 3.63) is 36.5 Å². The average Bonchev–Trinajstić information content (AvgIpc) is 3.08. The largest absolute Gasteiger partial charge is 0.366 e. The van der Waals surface area contributed by atoms with Gasteiger partial charge in [-0.15, -0.1) is 6.58 Å². The molecule has 2 fully saturated rings. The van der Waals surface area contributed by atoms with E-state index in [2.05, 4.69) is 40.0 Å². The third kappa shape index (κ3) is 3.25. The van der Waals surface area contributed by atoms with Crippen LogP contribution in [0, 0.1) is 11.8 Å². The summed E-state index contributed by atoms with van der Waals surface area (Å²) in [6.45, 7) is 15.1. The molecular formula is C19H30O. The maximum Gasteiger partial charge on any atom is 0.0920 e. The quantitative estimate of drug-likeness (QED) is 0.491. The molecule has 112 valence electrons. The van der Waals surface area contributed by atoms with Crippen molar-refractivity contribution < 1.29 is 4.74 Å². The Bertz CT molecular complexity index is 406. The van der Waals surface area contributed by atoms with Crippen LogP contribution < -0.4 is 0 Å². The number of epoxide rings is 1. The molecule has 0 radical (unpaired) electrons. The van der Waals surface area contributed by atoms with E-state index in [1.165, 1.54) is 18.4 Å². The SMILES string of the molecule is C=CC/C=C(/CC)[C@H]1CC[C@]2(C)O[C@H]2CCC(=C)C1C. The van der Waals surface area contributed by atoms with Gasteiger partial charge in [0.05, 0.1) is 11.7 Å². The van der Waals surface area contributed by atoms with E-state index in [0.29, 0.717) is 17.9 Å². The Kier molecular flexibility index (Phi) is 4.90. The first-order valence-corrected chi connectivity index (χ1v) is 8.17. The van der Waals surface area contributed by atoms with Crippen LogP contribution in [0.4, 0.5) is 0 Å². The molecule has 4 atom stereocenters. The minimum Gasteiger partial charge on any atom is -0.366 e. The van der Waals surface area contributed by atoms with E-state index in [0.717, 1.165) is 25.7 Å². The molecule has 0 aromatic heterocycles. The molecule has 0 amide bonds. The molecule has 0 N–H and O–H groups in total. The van der Waals surface area contributed by atoms with Gasteiger partial charge in [-0.25, -0.2) is 0 Å². The fourth-order valence-corrected chi connectivity index (χ4v) is 3.70. The summed E-state index contributed by atoms with van der Waals surface area (Å²) < 4.78 is 5.93. The molecule has 2 aliphatic rings. The Balaban J connectivity index is 2.17. The molecule has 1 unspecified atom stereocenters. The number of rotatable bonds is 4. The van der Waals surface area contributed by atoms with Gasteiger partial charge in [0.2, 0.25) is 0 Å². The lowest BCUT2D eigenvalue weighted by molar-refractivity contribution is 0.266. The second-order valence-electron chi connectivity index (χ2n) is 6.71. The second-order valence-corrected chi connectivity index (χ2v) is 6.71. The Labute approximate surface area is 124 Å². The van der Waals surface area contributed by atoms with Crippen molar-refractivity contribution in [1.82, 2.24) is 0 Å². The van der Waals surface area contributed by atoms with E-state index in [1.807, 2.05) is 6.08 Å². The Hall–Kier alpha value is -0.820. The zero-order chi connectivity index (χ0) is 14.8. The van der Waals surface area contributed by atoms with Crippen molar-refractivity contribution in [2.75, 3.05) is 0 Å². The number of allylic oxidation sites excluding steroid dienone is 4. The van der Waals surface area contributed by atoms with Gasteiger partial charge in [0.25, 0.3) is 0 Å². The van der Waals surface area contributed by atoms with E-state index < -0.39 is 0 Å². The average molecular weight is 274 g/mol. The predicted octanol–water partition coefficient (Wildman–Crippen LogP) is 5.44. The lowest BCUT2D eigenvalue weighted by atomic mass is 9.77. The summed E-state index contributed by atoms with van der Waals surface area (Å²) in [4.78, 5) is 0. The highest BCUT2D eigenvalue weighted by molar-refractivity contribution is 5.17. The Morgan fingerprint density at radius 1 is 1.45 bits per heavy atom. The zero-order valence-electron chi connectivity index (χ0n) is 13.5. The van der Waals surface area contributed by atoms with Gasteiger partial charge < -0.3 is 4.74 Å². The summed E-state index contributed by atoms with van der Waals surface area (Å²) in [6.07, 6.45) is 11.7. The topological polar surface area (TPSA) is 12.5 Å². The normalized spacial score (nSPS) is 38.5. The molecule has 1 nitrogen and oxygen atoms in total. The summed E-state index contributed by atoms with van der Waals surface area (Å²) in [6, 6.07) is 0. The number of hydrogen-bond donors (Lipinski definition) is 0. The van der Waals surface area contributed by atoms with E-state index in [1.54, 1.807) is 5.57 Å². The van der Waals surface area contributed by atoms with Crippen LogP contribution in [0.25, 0.3) is 0 Å². The fourth-order valence-electron chi connectivity index (χ4n) is 3.70. The van der Waals surface area contributed by atoms with Gasteiger partial charge >= 0.3 is 0 Å². The molecule has 1 heteroatoms. The maximum absolute atomic E-state index is 5.93. The second kappa shape index (κ2) is 6.30. The number of ether oxygens (including phenoxy) is 1. The van der Waals surface area contributed by atoms with Gasteiger partial charge in [0, 0.05) is 0 Å². The molecule has 1 heterocycles. The van der Waals surface area contributed by atoms with E-state index in [9.17, 15) is 0 Å². The highest BCUT2D eigenvalue weighted by Crippen LogP contribution is 2.48. The van der Waals surface area contributed by atoms with Crippen LogP contribution >= 0.6 is 0 Å². The monoisotopic (exact) mass is 274 g/mol. The minimum absolute atomic E-state index is 0.153. The van der Waals surface area contributed by atoms with Crippen LogP contribution in [-0.4, -0.2) is 11.7 Å². The molecule has 1 saturated carbocycles. The van der Waals surface area contributed by atoms with E-state index >= 15 is 0 Å². The maximum atomic E-state index is 5.93. The van der Waals surface area contributed by atoms with Gasteiger partial charge in [-0.05, 0) is 57.3 Å². The first-order chi connectivity index (χ1) is 9.51. The minimum atomic E-state index is 0.153. The molecule has 1 saturated heterocycles. The van der Waals surface area contributed by atoms with Crippen LogP contribution in [0.5, 0.6) is 0 Å². The molecule has 1 aliphatic carbocycles. The van der Waals surface area contributed by atoms with Crippen LogP contribution in [0.3, 0.4) is 0 Å². The van der Waals surface area contributed by atoms with Crippen molar-refractivity contribution in [1.29, 1.82) is 0 Å². The molecule has 20 heavy (non-hydrogen) atoms. The Morgan fingerprint density at radius 2 is 2.20 bits per heavy atom. The number of fused-ring (bicyclic) bond motifs is 1. The van der Waals surface area contributed by atoms with E-state index in [4.69, 9.17) is 4.74 Å². The van der Waals surface area contributed by atoms with Crippen LogP contribution in [0.15, 0.2) is 36.5 Å². The van der Waals surface area contributed by atoms with Gasteiger partial charge in [-0.3, -0.25) is 0 Å². The lowest BCUT2D eigenvalue weighted by Gasteiger charge is -2.28. The lowest BCUT2D eigenvalue weighted by Crippen LogP contribution is -2.18. The van der Waals surface area contributed by atoms with Gasteiger partial charge in [0.15, 0.2) is 0 Å². The number of hydrogen-bond acceptors (Lipinski definition) is 1. The molecule has 0 aromatic carbocycles. The van der Waals surface area contributed by atoms with Crippen LogP contribution in [0.2, 0.25) is 0 Å². The summed E-state index contributed by atoms with van der Waals surface area (Å²) in [5.41, 5.74) is 3.15. The molecule has 0 spiro atoms. The van der Waals surface area contributed by atoms with Crippen molar-refractivity contribution in [3.8, 4) is 0 Å². The summed E-state index contributed by atoms with van der Waals surface area (Å²) in [5.74, 6) is 1.22. The fraction of sp³-hybridized carbons (Fsp3) is 0.684. The van der Waals surface area contributed by atoms with E-state index in [-0.39, 0.29) is 5.60 Å². The van der Waals surface area contributed by atoms with Gasteiger partial charge in [-0.1, -0.05) is 43.7 Å². The third-order valence-corrected chi connectivity index (χ3v) is 5.39. The molecular weight excluding hydrogens is 244 g/mol. The van der Waals surface area contributed by atoms with Crippen molar-refractivity contribution in [3.63, 3.8) is 0 Å². The van der Waals surface area contributed by atoms with Crippen molar-refractivity contribution >= 4 is 0 Å². The van der Waals surface area contributed by atoms with Crippen molar-refractivity contribution in [2.24, 2.45) is 11.8 Å². The van der Waals surface area contributed by atoms with Crippen LogP contribution in [-0.2, 0) is 4.74 Å². The molecule has 2 rings (SSSR count). The standard InChI is InChI=1S/C19H30O/c1-6-8-9-16(7-2)17-12-13-19(5)18(20-19)11-10-14(3)15(17)4/h6,9,15,17-18H,1,3,7-8,10-13H2,2,4-5H3/b16-9-/t15?,17-,18-,19-/m0/s1. The van der Waals surface area contributed by atoms with Crippen molar-refractivity contribution in [2.45, 2.75) is 71.0 Å². The first-order valence-electron chi connectivity index (χ1n) is 8.17. The Morgan fingerprint density at radius 3 is 2.85 bits per heavy atom. The first kappa shape index (κ1) is 15.6. The smallest absolute Gasteiger partial charge is 0.0920 e. The summed E-state index contributed by atoms with van der Waals surface area (Å²) in [5, 5.41) is 0. The highest BCUT2D eigenvalue weighted by Gasteiger charge is 2.52. The molecule has 0 aromatic rings. The predicted molar refractivity (Wildman–Crippen MR) is 86.7 cm³/mol. The summed E-state index contributed by atoms with van der Waals surface area (Å²) in [7, 11) is 0. The third-order valence-electron chi connectivity index (χ3n) is 5.39.